The Morgan fingerprint density at radius 3 is 2.58 bits per heavy atom. The molecular weight excluding hydrogens is 351 g/mol. The predicted molar refractivity (Wildman–Crippen MR) is 93.5 cm³/mol. The number of hydrogen-bond donors (Lipinski definition) is 3. The number of benzene rings is 1. The number of hydrogen-bond acceptors (Lipinski definition) is 4. The molecule has 1 radical (unpaired) electrons. The molecule has 1 aromatic heterocycles. The molecule has 8 heteroatoms. The van der Waals surface area contributed by atoms with Gasteiger partial charge >= 0.3 is 0 Å². The molecule has 0 fully saturated rings. The molecule has 5 N–H and O–H groups in total. The summed E-state index contributed by atoms with van der Waals surface area (Å²) in [6, 6.07) is 8.29. The maximum Gasteiger partial charge on any atom is 0.267 e. The van der Waals surface area contributed by atoms with Crippen molar-refractivity contribution < 1.29 is 9.59 Å². The van der Waals surface area contributed by atoms with E-state index in [4.69, 9.17) is 34.7 Å². The minimum Gasteiger partial charge on any atom is -0.384 e. The number of amides is 2. The second-order valence-electron chi connectivity index (χ2n) is 4.98. The highest BCUT2D eigenvalue weighted by atomic mass is 35.5. The van der Waals surface area contributed by atoms with E-state index in [1.54, 1.807) is 24.3 Å². The van der Waals surface area contributed by atoms with Gasteiger partial charge in [-0.15, -0.1) is 0 Å². The van der Waals surface area contributed by atoms with Gasteiger partial charge in [-0.2, -0.15) is 0 Å². The molecule has 0 saturated carbocycles. The van der Waals surface area contributed by atoms with Gasteiger partial charge in [-0.1, -0.05) is 35.3 Å². The Kier molecular flexibility index (Phi) is 6.00. The Labute approximate surface area is 149 Å². The van der Waals surface area contributed by atoms with Gasteiger partial charge in [0, 0.05) is 12.1 Å². The lowest BCUT2D eigenvalue weighted by molar-refractivity contribution is -0.118. The van der Waals surface area contributed by atoms with Crippen LogP contribution in [-0.2, 0) is 17.8 Å². The van der Waals surface area contributed by atoms with Gasteiger partial charge in [0.05, 0.1) is 16.5 Å². The summed E-state index contributed by atoms with van der Waals surface area (Å²) in [4.78, 5) is 27.1. The molecule has 0 spiro atoms. The first-order chi connectivity index (χ1) is 11.4. The molecular formula is C16H15Cl2N4O2. The van der Waals surface area contributed by atoms with Crippen LogP contribution >= 0.6 is 23.2 Å². The van der Waals surface area contributed by atoms with Crippen LogP contribution in [0, 0.1) is 6.42 Å². The third kappa shape index (κ3) is 4.84. The van der Waals surface area contributed by atoms with Crippen molar-refractivity contribution in [2.75, 3.05) is 5.73 Å². The number of nitrogens with two attached hydrogens (primary N) is 2. The van der Waals surface area contributed by atoms with E-state index in [-0.39, 0.29) is 24.0 Å². The van der Waals surface area contributed by atoms with Gasteiger partial charge in [0.15, 0.2) is 0 Å². The fourth-order valence-electron chi connectivity index (χ4n) is 1.99. The molecule has 0 aliphatic heterocycles. The van der Waals surface area contributed by atoms with E-state index in [0.29, 0.717) is 22.0 Å². The average molecular weight is 366 g/mol. The normalized spacial score (nSPS) is 10.4. The van der Waals surface area contributed by atoms with Crippen molar-refractivity contribution in [2.45, 2.75) is 13.0 Å². The van der Waals surface area contributed by atoms with Gasteiger partial charge in [0.25, 0.3) is 5.91 Å². The lowest BCUT2D eigenvalue weighted by Crippen LogP contribution is -2.26. The molecule has 0 aliphatic rings. The Bertz CT molecular complexity index is 781. The van der Waals surface area contributed by atoms with Crippen LogP contribution in [0.1, 0.15) is 21.6 Å². The number of carbonyl (C=O) groups excluding carboxylic acids is 2. The topological polar surface area (TPSA) is 111 Å². The smallest absolute Gasteiger partial charge is 0.267 e. The maximum absolute atomic E-state index is 11.9. The fourth-order valence-corrected chi connectivity index (χ4v) is 2.31. The zero-order chi connectivity index (χ0) is 17.7. The van der Waals surface area contributed by atoms with E-state index in [1.165, 1.54) is 12.5 Å². The molecule has 0 aliphatic carbocycles. The van der Waals surface area contributed by atoms with E-state index in [9.17, 15) is 9.59 Å². The van der Waals surface area contributed by atoms with E-state index < -0.39 is 5.91 Å². The van der Waals surface area contributed by atoms with Crippen molar-refractivity contribution in [3.05, 3.63) is 63.6 Å². The number of halogens is 2. The third-order valence-corrected chi connectivity index (χ3v) is 3.93. The lowest BCUT2D eigenvalue weighted by Gasteiger charge is -2.09. The van der Waals surface area contributed by atoms with Crippen LogP contribution in [0.4, 0.5) is 5.82 Å². The summed E-state index contributed by atoms with van der Waals surface area (Å²) in [6.07, 6.45) is 1.86. The molecule has 1 aromatic carbocycles. The van der Waals surface area contributed by atoms with Crippen molar-refractivity contribution >= 4 is 40.8 Å². The molecule has 24 heavy (non-hydrogen) atoms. The number of aromatic nitrogens is 1. The third-order valence-electron chi connectivity index (χ3n) is 3.19. The predicted octanol–water partition coefficient (Wildman–Crippen LogP) is 2.13. The zero-order valence-corrected chi connectivity index (χ0v) is 14.1. The number of nitrogens with zero attached hydrogens (tertiary/aromatic N) is 1. The average Bonchev–Trinajstić information content (AvgIpc) is 2.54. The zero-order valence-electron chi connectivity index (χ0n) is 12.6. The number of anilines is 1. The summed E-state index contributed by atoms with van der Waals surface area (Å²) in [7, 11) is 0. The first kappa shape index (κ1) is 18.0. The monoisotopic (exact) mass is 365 g/mol. The molecule has 2 amide bonds. The number of nitrogen functional groups attached to an aromatic ring is 1. The second-order valence-corrected chi connectivity index (χ2v) is 5.80. The SMILES string of the molecule is NC(=O)c1nc(N)ccc1CNC(=O)[CH]Cc1ccc(Cl)c(Cl)c1. The van der Waals surface area contributed by atoms with Crippen LogP contribution in [0.25, 0.3) is 0 Å². The molecule has 0 atom stereocenters. The second kappa shape index (κ2) is 7.99. The van der Waals surface area contributed by atoms with Crippen molar-refractivity contribution in [1.82, 2.24) is 10.3 Å². The van der Waals surface area contributed by atoms with Gasteiger partial charge in [-0.25, -0.2) is 4.98 Å². The van der Waals surface area contributed by atoms with E-state index in [2.05, 4.69) is 10.3 Å². The van der Waals surface area contributed by atoms with E-state index in [1.807, 2.05) is 0 Å². The summed E-state index contributed by atoms with van der Waals surface area (Å²) < 4.78 is 0. The van der Waals surface area contributed by atoms with Crippen molar-refractivity contribution in [3.8, 4) is 0 Å². The van der Waals surface area contributed by atoms with Crippen molar-refractivity contribution in [3.63, 3.8) is 0 Å². The highest BCUT2D eigenvalue weighted by Crippen LogP contribution is 2.23. The maximum atomic E-state index is 11.9. The number of nitrogens with one attached hydrogen (secondary N) is 1. The van der Waals surface area contributed by atoms with Crippen molar-refractivity contribution in [1.29, 1.82) is 0 Å². The van der Waals surface area contributed by atoms with Gasteiger partial charge < -0.3 is 16.8 Å². The summed E-state index contributed by atoms with van der Waals surface area (Å²) >= 11 is 11.8. The minimum absolute atomic E-state index is 0.0415. The van der Waals surface area contributed by atoms with Crippen LogP contribution in [0.3, 0.4) is 0 Å². The Balaban J connectivity index is 1.91. The molecule has 0 unspecified atom stereocenters. The largest absolute Gasteiger partial charge is 0.384 e. The van der Waals surface area contributed by atoms with Gasteiger partial charge in [0.1, 0.15) is 11.5 Å². The highest BCUT2D eigenvalue weighted by molar-refractivity contribution is 6.42. The first-order valence-electron chi connectivity index (χ1n) is 6.97. The van der Waals surface area contributed by atoms with Gasteiger partial charge in [0.2, 0.25) is 5.91 Å². The fraction of sp³-hybridized carbons (Fsp3) is 0.125. The van der Waals surface area contributed by atoms with Crippen LogP contribution in [0.2, 0.25) is 10.0 Å². The highest BCUT2D eigenvalue weighted by Gasteiger charge is 2.12. The Morgan fingerprint density at radius 2 is 1.92 bits per heavy atom. The molecule has 2 aromatic rings. The number of primary amides is 1. The van der Waals surface area contributed by atoms with Crippen LogP contribution in [0.5, 0.6) is 0 Å². The number of carbonyl (C=O) groups is 2. The van der Waals surface area contributed by atoms with Gasteiger partial charge in [-0.05, 0) is 30.2 Å². The molecule has 2 rings (SSSR count). The standard InChI is InChI=1S/C16H15Cl2N4O2/c17-11-4-1-9(7-12(11)18)2-6-14(23)21-8-10-3-5-13(19)22-15(10)16(20)24/h1,3-7H,2,8H2,(H2,19,22)(H2,20,24)(H,21,23). The van der Waals surface area contributed by atoms with Crippen molar-refractivity contribution in [2.24, 2.45) is 5.73 Å². The van der Waals surface area contributed by atoms with Crippen LogP contribution in [-0.4, -0.2) is 16.8 Å². The van der Waals surface area contributed by atoms with Gasteiger partial charge in [-0.3, -0.25) is 9.59 Å². The van der Waals surface area contributed by atoms with E-state index >= 15 is 0 Å². The summed E-state index contributed by atoms with van der Waals surface area (Å²) in [5, 5.41) is 3.56. The number of rotatable bonds is 6. The molecule has 0 saturated heterocycles. The Hall–Kier alpha value is -2.31. The molecule has 0 bridgehead atoms. The first-order valence-corrected chi connectivity index (χ1v) is 7.72. The molecule has 1 heterocycles. The summed E-state index contributed by atoms with van der Waals surface area (Å²) in [5.41, 5.74) is 12.2. The molecule has 125 valence electrons. The van der Waals surface area contributed by atoms with E-state index in [0.717, 1.165) is 5.56 Å². The summed E-state index contributed by atoms with van der Waals surface area (Å²) in [6.45, 7) is 0.113. The molecule has 6 nitrogen and oxygen atoms in total. The number of pyridine rings is 1. The Morgan fingerprint density at radius 1 is 1.17 bits per heavy atom. The lowest BCUT2D eigenvalue weighted by atomic mass is 10.1. The minimum atomic E-state index is -0.702. The summed E-state index contributed by atoms with van der Waals surface area (Å²) in [5.74, 6) is -0.815. The van der Waals surface area contributed by atoms with Crippen LogP contribution in [0.15, 0.2) is 30.3 Å². The quantitative estimate of drug-likeness (QED) is 0.727. The van der Waals surface area contributed by atoms with Crippen LogP contribution < -0.4 is 16.8 Å².